The van der Waals surface area contributed by atoms with Gasteiger partial charge in [-0.05, 0) is 37.1 Å². The van der Waals surface area contributed by atoms with Crippen LogP contribution >= 0.6 is 11.6 Å². The third kappa shape index (κ3) is 3.42. The Hall–Kier alpha value is -2.66. The van der Waals surface area contributed by atoms with Gasteiger partial charge in [0.25, 0.3) is 0 Å². The van der Waals surface area contributed by atoms with Crippen LogP contribution in [0.3, 0.4) is 0 Å². The van der Waals surface area contributed by atoms with E-state index >= 15 is 0 Å². The second-order valence-electron chi connectivity index (χ2n) is 7.23. The van der Waals surface area contributed by atoms with E-state index in [1.165, 1.54) is 4.90 Å². The van der Waals surface area contributed by atoms with E-state index in [1.807, 2.05) is 6.07 Å². The average Bonchev–Trinajstić information content (AvgIpc) is 2.98. The van der Waals surface area contributed by atoms with E-state index in [2.05, 4.69) is 0 Å². The molecule has 2 aliphatic rings. The lowest BCUT2D eigenvalue weighted by Gasteiger charge is -2.19. The van der Waals surface area contributed by atoms with Crippen LogP contribution in [0.25, 0.3) is 0 Å². The summed E-state index contributed by atoms with van der Waals surface area (Å²) >= 11 is 6.08. The zero-order valence-electron chi connectivity index (χ0n) is 15.3. The van der Waals surface area contributed by atoms with E-state index in [4.69, 9.17) is 16.3 Å². The van der Waals surface area contributed by atoms with E-state index in [0.29, 0.717) is 21.8 Å². The Labute approximate surface area is 168 Å². The van der Waals surface area contributed by atoms with Gasteiger partial charge in [0.1, 0.15) is 6.61 Å². The number of fused-ring (bicyclic) bond motifs is 1. The van der Waals surface area contributed by atoms with Gasteiger partial charge in [0.05, 0.1) is 23.1 Å². The molecule has 0 N–H and O–H groups in total. The van der Waals surface area contributed by atoms with Crippen molar-refractivity contribution in [3.63, 3.8) is 0 Å². The number of nitrogens with zero attached hydrogens (tertiary/aromatic N) is 1. The molecule has 1 aliphatic carbocycles. The Morgan fingerprint density at radius 1 is 1.00 bits per heavy atom. The molecule has 1 saturated carbocycles. The zero-order chi connectivity index (χ0) is 19.7. The molecule has 5 nitrogen and oxygen atoms in total. The predicted octanol–water partition coefficient (Wildman–Crippen LogP) is 4.38. The summed E-state index contributed by atoms with van der Waals surface area (Å²) in [5.41, 5.74) is 1.43. The van der Waals surface area contributed by atoms with E-state index in [1.54, 1.807) is 42.5 Å². The van der Waals surface area contributed by atoms with Crippen molar-refractivity contribution in [1.82, 2.24) is 0 Å². The molecule has 0 radical (unpaired) electrons. The Balaban J connectivity index is 1.51. The van der Waals surface area contributed by atoms with Crippen LogP contribution < -0.4 is 4.90 Å². The Morgan fingerprint density at radius 2 is 1.68 bits per heavy atom. The Bertz CT molecular complexity index is 918. The number of benzene rings is 2. The van der Waals surface area contributed by atoms with Crippen molar-refractivity contribution >= 4 is 35.1 Å². The molecule has 0 bridgehead atoms. The number of carbonyl (C=O) groups is 3. The summed E-state index contributed by atoms with van der Waals surface area (Å²) in [6, 6.07) is 13.6. The van der Waals surface area contributed by atoms with Gasteiger partial charge in [0.15, 0.2) is 0 Å². The van der Waals surface area contributed by atoms with Gasteiger partial charge in [-0.3, -0.25) is 14.5 Å². The SMILES string of the molecule is O=C(OCc1ccccc1Cl)c1cccc(N2C(=O)[C@H]3CCCC[C@@H]3C2=O)c1. The third-order valence-corrected chi connectivity index (χ3v) is 5.87. The Kier molecular flexibility index (Phi) is 5.18. The van der Waals surface area contributed by atoms with Crippen molar-refractivity contribution in [2.24, 2.45) is 11.8 Å². The number of halogens is 1. The van der Waals surface area contributed by atoms with Gasteiger partial charge in [0.2, 0.25) is 11.8 Å². The van der Waals surface area contributed by atoms with Crippen molar-refractivity contribution in [2.45, 2.75) is 32.3 Å². The van der Waals surface area contributed by atoms with Crippen LogP contribution in [0.2, 0.25) is 5.02 Å². The first-order valence-electron chi connectivity index (χ1n) is 9.44. The lowest BCUT2D eigenvalue weighted by molar-refractivity contribution is -0.122. The first-order chi connectivity index (χ1) is 13.6. The maximum atomic E-state index is 12.8. The highest BCUT2D eigenvalue weighted by atomic mass is 35.5. The number of amides is 2. The maximum absolute atomic E-state index is 12.8. The molecule has 28 heavy (non-hydrogen) atoms. The van der Waals surface area contributed by atoms with Crippen molar-refractivity contribution in [1.29, 1.82) is 0 Å². The van der Waals surface area contributed by atoms with E-state index in [0.717, 1.165) is 25.7 Å². The largest absolute Gasteiger partial charge is 0.457 e. The smallest absolute Gasteiger partial charge is 0.338 e. The number of hydrogen-bond donors (Lipinski definition) is 0. The number of ether oxygens (including phenoxy) is 1. The molecule has 2 fully saturated rings. The maximum Gasteiger partial charge on any atom is 0.338 e. The second kappa shape index (κ2) is 7.76. The number of anilines is 1. The summed E-state index contributed by atoms with van der Waals surface area (Å²) in [5.74, 6) is -1.29. The normalized spacial score (nSPS) is 21.5. The molecule has 2 aromatic rings. The number of carbonyl (C=O) groups excluding carboxylic acids is 3. The van der Waals surface area contributed by atoms with Gasteiger partial charge >= 0.3 is 5.97 Å². The highest BCUT2D eigenvalue weighted by molar-refractivity contribution is 6.31. The quantitative estimate of drug-likeness (QED) is 0.567. The van der Waals surface area contributed by atoms with Crippen LogP contribution in [-0.2, 0) is 20.9 Å². The molecular weight excluding hydrogens is 378 g/mol. The molecule has 6 heteroatoms. The van der Waals surface area contributed by atoms with Gasteiger partial charge in [-0.25, -0.2) is 4.79 Å². The van der Waals surface area contributed by atoms with Gasteiger partial charge in [0, 0.05) is 10.6 Å². The Morgan fingerprint density at radius 3 is 2.36 bits per heavy atom. The molecule has 1 heterocycles. The summed E-state index contributed by atoms with van der Waals surface area (Å²) in [5, 5.41) is 0.528. The van der Waals surface area contributed by atoms with Crippen LogP contribution in [0.1, 0.15) is 41.6 Å². The van der Waals surface area contributed by atoms with Gasteiger partial charge in [-0.1, -0.05) is 48.7 Å². The van der Waals surface area contributed by atoms with E-state index < -0.39 is 5.97 Å². The van der Waals surface area contributed by atoms with Gasteiger partial charge < -0.3 is 4.74 Å². The summed E-state index contributed by atoms with van der Waals surface area (Å²) in [6.45, 7) is 0.0501. The lowest BCUT2D eigenvalue weighted by atomic mass is 9.81. The molecule has 0 unspecified atom stereocenters. The molecule has 4 rings (SSSR count). The fraction of sp³-hybridized carbons (Fsp3) is 0.318. The second-order valence-corrected chi connectivity index (χ2v) is 7.63. The van der Waals surface area contributed by atoms with Crippen molar-refractivity contribution < 1.29 is 19.1 Å². The minimum atomic E-state index is -0.529. The highest BCUT2D eigenvalue weighted by Crippen LogP contribution is 2.40. The van der Waals surface area contributed by atoms with Crippen LogP contribution in [-0.4, -0.2) is 17.8 Å². The predicted molar refractivity (Wildman–Crippen MR) is 105 cm³/mol. The zero-order valence-corrected chi connectivity index (χ0v) is 16.0. The van der Waals surface area contributed by atoms with Crippen LogP contribution in [0.15, 0.2) is 48.5 Å². The number of esters is 1. The molecule has 144 valence electrons. The molecule has 2 aromatic carbocycles. The molecular formula is C22H20ClNO4. The van der Waals surface area contributed by atoms with Crippen LogP contribution in [0.4, 0.5) is 5.69 Å². The summed E-state index contributed by atoms with van der Waals surface area (Å²) in [4.78, 5) is 39.2. The summed E-state index contributed by atoms with van der Waals surface area (Å²) in [6.07, 6.45) is 3.46. The standard InChI is InChI=1S/C22H20ClNO4/c23-19-11-4-1-6-15(19)13-28-22(27)14-7-5-8-16(12-14)24-20(25)17-9-2-3-10-18(17)21(24)26/h1,4-8,11-12,17-18H,2-3,9-10,13H2/t17-,18-/m0/s1. The topological polar surface area (TPSA) is 63.7 Å². The fourth-order valence-electron chi connectivity index (χ4n) is 4.03. The van der Waals surface area contributed by atoms with E-state index in [9.17, 15) is 14.4 Å². The molecule has 1 aliphatic heterocycles. The molecule has 2 atom stereocenters. The molecule has 2 amide bonds. The third-order valence-electron chi connectivity index (χ3n) is 5.50. The monoisotopic (exact) mass is 397 g/mol. The average molecular weight is 398 g/mol. The highest BCUT2D eigenvalue weighted by Gasteiger charge is 2.48. The fourth-order valence-corrected chi connectivity index (χ4v) is 4.22. The van der Waals surface area contributed by atoms with Crippen molar-refractivity contribution in [2.75, 3.05) is 4.90 Å². The molecule has 0 spiro atoms. The molecule has 1 saturated heterocycles. The van der Waals surface area contributed by atoms with Crippen molar-refractivity contribution in [3.8, 4) is 0 Å². The van der Waals surface area contributed by atoms with Crippen molar-refractivity contribution in [3.05, 3.63) is 64.7 Å². The minimum absolute atomic E-state index is 0.0501. The van der Waals surface area contributed by atoms with E-state index in [-0.39, 0.29) is 30.3 Å². The van der Waals surface area contributed by atoms with Gasteiger partial charge in [-0.15, -0.1) is 0 Å². The summed E-state index contributed by atoms with van der Waals surface area (Å²) < 4.78 is 5.35. The number of rotatable bonds is 4. The first kappa shape index (κ1) is 18.7. The van der Waals surface area contributed by atoms with Gasteiger partial charge in [-0.2, -0.15) is 0 Å². The summed E-state index contributed by atoms with van der Waals surface area (Å²) in [7, 11) is 0. The lowest BCUT2D eigenvalue weighted by Crippen LogP contribution is -2.31. The molecule has 0 aromatic heterocycles. The van der Waals surface area contributed by atoms with Crippen LogP contribution in [0.5, 0.6) is 0 Å². The number of hydrogen-bond acceptors (Lipinski definition) is 4. The van der Waals surface area contributed by atoms with Crippen LogP contribution in [0, 0.1) is 11.8 Å². The number of imide groups is 1. The first-order valence-corrected chi connectivity index (χ1v) is 9.82. The minimum Gasteiger partial charge on any atom is -0.457 e.